The van der Waals surface area contributed by atoms with Gasteiger partial charge in [0.15, 0.2) is 0 Å². The maximum atomic E-state index is 11.0. The second kappa shape index (κ2) is 6.46. The Bertz CT molecular complexity index is 539. The molecule has 1 fully saturated rings. The van der Waals surface area contributed by atoms with E-state index in [1.54, 1.807) is 13.2 Å². The van der Waals surface area contributed by atoms with Crippen LogP contribution in [0.3, 0.4) is 0 Å². The van der Waals surface area contributed by atoms with Crippen LogP contribution >= 0.6 is 0 Å². The standard InChI is InChI=1S/C14H17N3O3/c1-20-10-13-3-2-6-16(13)9-11-4-5-12(8-15)14(7-11)17(18)19/h4-5,7,13H,2-3,6,9-10H2,1H3/t13-/m0/s1. The number of methoxy groups -OCH3 is 1. The van der Waals surface area contributed by atoms with Crippen LogP contribution < -0.4 is 0 Å². The maximum absolute atomic E-state index is 11.0. The van der Waals surface area contributed by atoms with Crippen LogP contribution in [0.1, 0.15) is 24.0 Å². The molecule has 0 aliphatic carbocycles. The summed E-state index contributed by atoms with van der Waals surface area (Å²) in [6, 6.07) is 7.03. The Morgan fingerprint density at radius 3 is 3.05 bits per heavy atom. The first-order valence-electron chi connectivity index (χ1n) is 6.56. The Labute approximate surface area is 117 Å². The fourth-order valence-electron chi connectivity index (χ4n) is 2.64. The Morgan fingerprint density at radius 1 is 1.60 bits per heavy atom. The summed E-state index contributed by atoms with van der Waals surface area (Å²) in [6.07, 6.45) is 2.21. The first kappa shape index (κ1) is 14.4. The first-order valence-corrected chi connectivity index (χ1v) is 6.56. The minimum atomic E-state index is -0.501. The number of benzene rings is 1. The second-order valence-corrected chi connectivity index (χ2v) is 4.94. The molecule has 0 amide bonds. The van der Waals surface area contributed by atoms with E-state index in [1.165, 1.54) is 12.1 Å². The van der Waals surface area contributed by atoms with Gasteiger partial charge in [0.25, 0.3) is 5.69 Å². The summed E-state index contributed by atoms with van der Waals surface area (Å²) >= 11 is 0. The molecule has 1 aliphatic heterocycles. The highest BCUT2D eigenvalue weighted by Crippen LogP contribution is 2.24. The van der Waals surface area contributed by atoms with Gasteiger partial charge in [-0.05, 0) is 31.0 Å². The molecule has 106 valence electrons. The zero-order chi connectivity index (χ0) is 14.5. The van der Waals surface area contributed by atoms with Crippen molar-refractivity contribution in [1.29, 1.82) is 5.26 Å². The molecule has 0 unspecified atom stereocenters. The third-order valence-electron chi connectivity index (χ3n) is 3.62. The topological polar surface area (TPSA) is 79.4 Å². The van der Waals surface area contributed by atoms with Crippen LogP contribution in [-0.4, -0.2) is 36.1 Å². The van der Waals surface area contributed by atoms with Crippen molar-refractivity contribution in [3.8, 4) is 6.07 Å². The van der Waals surface area contributed by atoms with E-state index in [2.05, 4.69) is 4.90 Å². The van der Waals surface area contributed by atoms with Gasteiger partial charge in [0.05, 0.1) is 11.5 Å². The summed E-state index contributed by atoms with van der Waals surface area (Å²) < 4.78 is 5.20. The molecule has 1 heterocycles. The van der Waals surface area contributed by atoms with E-state index in [0.29, 0.717) is 19.2 Å². The minimum absolute atomic E-state index is 0.105. The lowest BCUT2D eigenvalue weighted by atomic mass is 10.1. The quantitative estimate of drug-likeness (QED) is 0.607. The lowest BCUT2D eigenvalue weighted by molar-refractivity contribution is -0.385. The van der Waals surface area contributed by atoms with Gasteiger partial charge in [0.2, 0.25) is 0 Å². The van der Waals surface area contributed by atoms with Crippen LogP contribution in [0.15, 0.2) is 18.2 Å². The number of rotatable bonds is 5. The van der Waals surface area contributed by atoms with Crippen LogP contribution in [0.25, 0.3) is 0 Å². The normalized spacial score (nSPS) is 18.9. The highest BCUT2D eigenvalue weighted by Gasteiger charge is 2.25. The molecule has 1 aliphatic rings. The summed E-state index contributed by atoms with van der Waals surface area (Å²) in [6.45, 7) is 2.31. The SMILES string of the molecule is COC[C@@H]1CCCN1Cc1ccc(C#N)c([N+](=O)[O-])c1. The third kappa shape index (κ3) is 3.13. The average molecular weight is 275 g/mol. The molecule has 2 rings (SSSR count). The molecular weight excluding hydrogens is 258 g/mol. The molecule has 0 spiro atoms. The number of hydrogen-bond donors (Lipinski definition) is 0. The van der Waals surface area contributed by atoms with E-state index >= 15 is 0 Å². The molecule has 20 heavy (non-hydrogen) atoms. The fraction of sp³-hybridized carbons (Fsp3) is 0.500. The Morgan fingerprint density at radius 2 is 2.40 bits per heavy atom. The molecule has 1 aromatic rings. The largest absolute Gasteiger partial charge is 0.383 e. The van der Waals surface area contributed by atoms with Crippen LogP contribution in [0.4, 0.5) is 5.69 Å². The van der Waals surface area contributed by atoms with Crippen LogP contribution in [0, 0.1) is 21.4 Å². The van der Waals surface area contributed by atoms with Crippen molar-refractivity contribution in [2.24, 2.45) is 0 Å². The molecule has 0 radical (unpaired) electrons. The van der Waals surface area contributed by atoms with Crippen molar-refractivity contribution in [2.75, 3.05) is 20.3 Å². The molecule has 6 nitrogen and oxygen atoms in total. The Hall–Kier alpha value is -1.97. The number of ether oxygens (including phenoxy) is 1. The predicted octanol–water partition coefficient (Wildman–Crippen LogP) is 2.08. The number of nitro benzene ring substituents is 1. The number of nitro groups is 1. The lowest BCUT2D eigenvalue weighted by Gasteiger charge is -2.23. The predicted molar refractivity (Wildman–Crippen MR) is 73.1 cm³/mol. The van der Waals surface area contributed by atoms with Gasteiger partial charge in [-0.25, -0.2) is 0 Å². The maximum Gasteiger partial charge on any atom is 0.287 e. The molecule has 1 aromatic carbocycles. The van der Waals surface area contributed by atoms with Crippen molar-refractivity contribution < 1.29 is 9.66 Å². The number of nitrogens with zero attached hydrogens (tertiary/aromatic N) is 3. The number of likely N-dealkylation sites (tertiary alicyclic amines) is 1. The van der Waals surface area contributed by atoms with Gasteiger partial charge in [-0.2, -0.15) is 5.26 Å². The van der Waals surface area contributed by atoms with Crippen LogP contribution in [-0.2, 0) is 11.3 Å². The zero-order valence-corrected chi connectivity index (χ0v) is 11.4. The molecule has 0 aromatic heterocycles. The Kier molecular flexibility index (Phi) is 4.66. The first-order chi connectivity index (χ1) is 9.65. The third-order valence-corrected chi connectivity index (χ3v) is 3.62. The molecule has 1 atom stereocenters. The molecule has 6 heteroatoms. The number of hydrogen-bond acceptors (Lipinski definition) is 5. The second-order valence-electron chi connectivity index (χ2n) is 4.94. The van der Waals surface area contributed by atoms with Gasteiger partial charge in [-0.15, -0.1) is 0 Å². The van der Waals surface area contributed by atoms with E-state index < -0.39 is 4.92 Å². The van der Waals surface area contributed by atoms with E-state index in [9.17, 15) is 10.1 Å². The van der Waals surface area contributed by atoms with Gasteiger partial charge in [-0.3, -0.25) is 15.0 Å². The van der Waals surface area contributed by atoms with E-state index in [0.717, 1.165) is 24.9 Å². The van der Waals surface area contributed by atoms with Gasteiger partial charge >= 0.3 is 0 Å². The molecule has 0 bridgehead atoms. The average Bonchev–Trinajstić information content (AvgIpc) is 2.86. The van der Waals surface area contributed by atoms with Gasteiger partial charge < -0.3 is 4.74 Å². The summed E-state index contributed by atoms with van der Waals surface area (Å²) in [5.74, 6) is 0. The van der Waals surface area contributed by atoms with Crippen molar-refractivity contribution in [1.82, 2.24) is 4.90 Å². The van der Waals surface area contributed by atoms with Gasteiger partial charge in [0, 0.05) is 25.8 Å². The summed E-state index contributed by atoms with van der Waals surface area (Å²) in [5, 5.41) is 19.8. The van der Waals surface area contributed by atoms with Gasteiger partial charge in [-0.1, -0.05) is 6.07 Å². The summed E-state index contributed by atoms with van der Waals surface area (Å²) in [5.41, 5.74) is 0.847. The highest BCUT2D eigenvalue weighted by molar-refractivity contribution is 5.50. The van der Waals surface area contributed by atoms with Crippen molar-refractivity contribution >= 4 is 5.69 Å². The fourth-order valence-corrected chi connectivity index (χ4v) is 2.64. The van der Waals surface area contributed by atoms with Crippen molar-refractivity contribution in [2.45, 2.75) is 25.4 Å². The molecule has 1 saturated heterocycles. The molecule has 0 N–H and O–H groups in total. The zero-order valence-electron chi connectivity index (χ0n) is 11.4. The van der Waals surface area contributed by atoms with E-state index in [4.69, 9.17) is 10.00 Å². The highest BCUT2D eigenvalue weighted by atomic mass is 16.6. The monoisotopic (exact) mass is 275 g/mol. The van der Waals surface area contributed by atoms with Crippen LogP contribution in [0.5, 0.6) is 0 Å². The van der Waals surface area contributed by atoms with Crippen molar-refractivity contribution in [3.63, 3.8) is 0 Å². The summed E-state index contributed by atoms with van der Waals surface area (Å²) in [7, 11) is 1.68. The molecule has 0 saturated carbocycles. The minimum Gasteiger partial charge on any atom is -0.383 e. The Balaban J connectivity index is 2.16. The van der Waals surface area contributed by atoms with E-state index in [-0.39, 0.29) is 11.3 Å². The van der Waals surface area contributed by atoms with Gasteiger partial charge in [0.1, 0.15) is 11.6 Å². The smallest absolute Gasteiger partial charge is 0.287 e. The van der Waals surface area contributed by atoms with E-state index in [1.807, 2.05) is 6.07 Å². The molecular formula is C14H17N3O3. The van der Waals surface area contributed by atoms with Crippen LogP contribution in [0.2, 0.25) is 0 Å². The lowest BCUT2D eigenvalue weighted by Crippen LogP contribution is -2.32. The summed E-state index contributed by atoms with van der Waals surface area (Å²) in [4.78, 5) is 12.7. The number of nitriles is 1. The van der Waals surface area contributed by atoms with Crippen molar-refractivity contribution in [3.05, 3.63) is 39.4 Å².